The Morgan fingerprint density at radius 3 is 2.57 bits per heavy atom. The first-order valence-corrected chi connectivity index (χ1v) is 14.9. The van der Waals surface area contributed by atoms with E-state index in [1.54, 1.807) is 12.3 Å². The largest absolute Gasteiger partial charge is 0.352 e. The molecule has 1 aliphatic rings. The maximum Gasteiger partial charge on any atom is 0.226 e. The molecule has 2 atom stereocenters. The summed E-state index contributed by atoms with van der Waals surface area (Å²) in [7, 11) is 0. The molecule has 3 aromatic carbocycles. The molecule has 2 N–H and O–H groups in total. The normalized spacial score (nSPS) is 16.6. The molecular formula is C33H29Cl2N5OS. The lowest BCUT2D eigenvalue weighted by molar-refractivity contribution is -0.116. The number of amides is 1. The number of rotatable bonds is 7. The van der Waals surface area contributed by atoms with Gasteiger partial charge >= 0.3 is 0 Å². The van der Waals surface area contributed by atoms with Crippen molar-refractivity contribution in [2.24, 2.45) is 0 Å². The van der Waals surface area contributed by atoms with Crippen molar-refractivity contribution in [1.29, 1.82) is 0 Å². The van der Waals surface area contributed by atoms with Crippen molar-refractivity contribution < 1.29 is 4.79 Å². The fourth-order valence-corrected chi connectivity index (χ4v) is 6.70. The number of benzene rings is 3. The van der Waals surface area contributed by atoms with Gasteiger partial charge in [0.1, 0.15) is 0 Å². The lowest BCUT2D eigenvalue weighted by atomic mass is 9.96. The molecule has 1 fully saturated rings. The van der Waals surface area contributed by atoms with Gasteiger partial charge in [-0.1, -0.05) is 65.7 Å². The molecule has 3 heterocycles. The van der Waals surface area contributed by atoms with Crippen LogP contribution in [-0.4, -0.2) is 32.0 Å². The standard InChI is InChI=1S/C33H29Cl2N5OS/c1-20-18-25(21(2)40(20)29-14-13-23(34)19-26(29)35)32-31(28-11-5-6-16-36-28)38-33(42)39(32)17-15-30(41)37-27-12-7-9-22-8-3-4-10-24(22)27/h3-14,16,18-19,31-32H,15,17H2,1-2H3,(H,37,41)(H,38,42)/t31-,32-/m1/s1. The molecule has 0 radical (unpaired) electrons. The van der Waals surface area contributed by atoms with Gasteiger partial charge in [0.15, 0.2) is 5.11 Å². The van der Waals surface area contributed by atoms with Crippen LogP contribution in [0.4, 0.5) is 5.69 Å². The highest BCUT2D eigenvalue weighted by Gasteiger charge is 2.41. The quantitative estimate of drug-likeness (QED) is 0.182. The monoisotopic (exact) mass is 613 g/mol. The molecule has 1 amide bonds. The Morgan fingerprint density at radius 2 is 1.79 bits per heavy atom. The number of hydrogen-bond donors (Lipinski definition) is 2. The van der Waals surface area contributed by atoms with Crippen LogP contribution in [0.25, 0.3) is 16.5 Å². The van der Waals surface area contributed by atoms with Crippen LogP contribution in [0.1, 0.15) is 41.1 Å². The van der Waals surface area contributed by atoms with E-state index in [1.165, 1.54) is 0 Å². The van der Waals surface area contributed by atoms with E-state index in [9.17, 15) is 4.79 Å². The van der Waals surface area contributed by atoms with Crippen LogP contribution in [0.3, 0.4) is 0 Å². The number of nitrogens with one attached hydrogen (secondary N) is 2. The fourth-order valence-electron chi connectivity index (χ4n) is 5.87. The first-order chi connectivity index (χ1) is 20.3. The van der Waals surface area contributed by atoms with Crippen LogP contribution in [-0.2, 0) is 4.79 Å². The number of nitrogens with zero attached hydrogens (tertiary/aromatic N) is 3. The maximum absolute atomic E-state index is 13.2. The van der Waals surface area contributed by atoms with E-state index < -0.39 is 0 Å². The summed E-state index contributed by atoms with van der Waals surface area (Å²) in [5.74, 6) is -0.0763. The predicted molar refractivity (Wildman–Crippen MR) is 175 cm³/mol. The number of pyridine rings is 1. The van der Waals surface area contributed by atoms with Crippen LogP contribution < -0.4 is 10.6 Å². The summed E-state index contributed by atoms with van der Waals surface area (Å²) < 4.78 is 2.14. The Labute approximate surface area is 260 Å². The van der Waals surface area contributed by atoms with E-state index in [-0.39, 0.29) is 24.4 Å². The van der Waals surface area contributed by atoms with Gasteiger partial charge in [0.25, 0.3) is 0 Å². The summed E-state index contributed by atoms with van der Waals surface area (Å²) in [5.41, 5.74) is 5.66. The number of anilines is 1. The summed E-state index contributed by atoms with van der Waals surface area (Å²) in [6.45, 7) is 4.57. The van der Waals surface area contributed by atoms with Gasteiger partial charge < -0.3 is 20.1 Å². The summed E-state index contributed by atoms with van der Waals surface area (Å²) in [4.78, 5) is 20.0. The number of aromatic nitrogens is 2. The van der Waals surface area contributed by atoms with E-state index in [4.69, 9.17) is 35.4 Å². The molecule has 42 heavy (non-hydrogen) atoms. The SMILES string of the molecule is Cc1cc([C@@H]2[C@@H](c3ccccn3)NC(=S)N2CCC(=O)Nc2cccc3ccccc23)c(C)n1-c1ccc(Cl)cc1Cl. The van der Waals surface area contributed by atoms with Crippen LogP contribution in [0.15, 0.2) is 91.1 Å². The number of fused-ring (bicyclic) bond motifs is 1. The smallest absolute Gasteiger partial charge is 0.226 e. The number of hydrogen-bond acceptors (Lipinski definition) is 3. The summed E-state index contributed by atoms with van der Waals surface area (Å²) >= 11 is 18.7. The summed E-state index contributed by atoms with van der Waals surface area (Å²) in [6, 6.07) is 27.1. The molecule has 6 nitrogen and oxygen atoms in total. The molecule has 0 bridgehead atoms. The van der Waals surface area contributed by atoms with E-state index in [2.05, 4.69) is 45.0 Å². The zero-order chi connectivity index (χ0) is 29.4. The van der Waals surface area contributed by atoms with Crippen molar-refractivity contribution in [3.63, 3.8) is 0 Å². The molecule has 0 unspecified atom stereocenters. The molecule has 212 valence electrons. The van der Waals surface area contributed by atoms with Crippen molar-refractivity contribution >= 4 is 62.9 Å². The van der Waals surface area contributed by atoms with Crippen molar-refractivity contribution in [3.8, 4) is 5.69 Å². The van der Waals surface area contributed by atoms with Gasteiger partial charge in [0.2, 0.25) is 5.91 Å². The van der Waals surface area contributed by atoms with Gasteiger partial charge in [0, 0.05) is 46.6 Å². The van der Waals surface area contributed by atoms with Gasteiger partial charge in [-0.15, -0.1) is 0 Å². The molecular weight excluding hydrogens is 585 g/mol. The average molecular weight is 615 g/mol. The number of halogens is 2. The minimum atomic E-state index is -0.200. The average Bonchev–Trinajstić information content (AvgIpc) is 3.47. The molecule has 6 rings (SSSR count). The number of thiocarbonyl (C=S) groups is 1. The topological polar surface area (TPSA) is 62.2 Å². The van der Waals surface area contributed by atoms with E-state index >= 15 is 0 Å². The molecule has 2 aromatic heterocycles. The van der Waals surface area contributed by atoms with E-state index in [0.29, 0.717) is 21.7 Å². The maximum atomic E-state index is 13.2. The molecule has 1 aliphatic heterocycles. The second-order valence-electron chi connectivity index (χ2n) is 10.4. The van der Waals surface area contributed by atoms with Crippen LogP contribution >= 0.6 is 35.4 Å². The number of aryl methyl sites for hydroxylation is 1. The zero-order valence-corrected chi connectivity index (χ0v) is 25.5. The third kappa shape index (κ3) is 5.36. The lowest BCUT2D eigenvalue weighted by Crippen LogP contribution is -2.33. The van der Waals surface area contributed by atoms with Gasteiger partial charge in [0.05, 0.1) is 28.5 Å². The Morgan fingerprint density at radius 1 is 1.00 bits per heavy atom. The second-order valence-corrected chi connectivity index (χ2v) is 11.6. The number of carbonyl (C=O) groups excluding carboxylic acids is 1. The lowest BCUT2D eigenvalue weighted by Gasteiger charge is -2.28. The van der Waals surface area contributed by atoms with Crippen molar-refractivity contribution in [3.05, 3.63) is 124 Å². The van der Waals surface area contributed by atoms with Crippen LogP contribution in [0.2, 0.25) is 10.0 Å². The number of carbonyl (C=O) groups is 1. The van der Waals surface area contributed by atoms with Gasteiger partial charge in [-0.25, -0.2) is 0 Å². The predicted octanol–water partition coefficient (Wildman–Crippen LogP) is 7.95. The first kappa shape index (κ1) is 28.2. The third-order valence-electron chi connectivity index (χ3n) is 7.78. The van der Waals surface area contributed by atoms with Crippen molar-refractivity contribution in [1.82, 2.24) is 19.8 Å². The van der Waals surface area contributed by atoms with Gasteiger partial charge in [-0.05, 0) is 79.5 Å². The Balaban J connectivity index is 1.32. The highest BCUT2D eigenvalue weighted by molar-refractivity contribution is 7.80. The van der Waals surface area contributed by atoms with Crippen molar-refractivity contribution in [2.45, 2.75) is 32.4 Å². The minimum absolute atomic E-state index is 0.0763. The van der Waals surface area contributed by atoms with Gasteiger partial charge in [-0.3, -0.25) is 9.78 Å². The van der Waals surface area contributed by atoms with Crippen LogP contribution in [0.5, 0.6) is 0 Å². The van der Waals surface area contributed by atoms with Gasteiger partial charge in [-0.2, -0.15) is 0 Å². The third-order valence-corrected chi connectivity index (χ3v) is 8.67. The fraction of sp³-hybridized carbons (Fsp3) is 0.182. The molecule has 9 heteroatoms. The Kier molecular flexibility index (Phi) is 7.90. The first-order valence-electron chi connectivity index (χ1n) is 13.7. The minimum Gasteiger partial charge on any atom is -0.352 e. The molecule has 1 saturated heterocycles. The zero-order valence-electron chi connectivity index (χ0n) is 23.1. The highest BCUT2D eigenvalue weighted by atomic mass is 35.5. The molecule has 0 spiro atoms. The molecule has 0 aliphatic carbocycles. The van der Waals surface area contributed by atoms with Crippen molar-refractivity contribution in [2.75, 3.05) is 11.9 Å². The Hall–Kier alpha value is -3.91. The summed E-state index contributed by atoms with van der Waals surface area (Å²) in [6.07, 6.45) is 2.05. The van der Waals surface area contributed by atoms with E-state index in [1.807, 2.05) is 72.8 Å². The molecule has 5 aromatic rings. The van der Waals surface area contributed by atoms with Crippen LogP contribution in [0, 0.1) is 13.8 Å². The second kappa shape index (κ2) is 11.8. The highest BCUT2D eigenvalue weighted by Crippen LogP contribution is 2.42. The summed E-state index contributed by atoms with van der Waals surface area (Å²) in [5, 5.41) is 10.4. The Bertz CT molecular complexity index is 1800. The molecule has 0 saturated carbocycles. The van der Waals surface area contributed by atoms with E-state index in [0.717, 1.165) is 44.8 Å².